The fraction of sp³-hybridized carbons (Fsp3) is 0.500. The highest BCUT2D eigenvalue weighted by atomic mass is 127. The summed E-state index contributed by atoms with van der Waals surface area (Å²) >= 11 is 2.16. The van der Waals surface area contributed by atoms with E-state index in [1.54, 1.807) is 18.6 Å². The highest BCUT2D eigenvalue weighted by molar-refractivity contribution is 14.1. The van der Waals surface area contributed by atoms with Crippen LogP contribution in [0.3, 0.4) is 0 Å². The molecule has 4 nitrogen and oxygen atoms in total. The van der Waals surface area contributed by atoms with Crippen molar-refractivity contribution in [1.29, 1.82) is 0 Å². The zero-order chi connectivity index (χ0) is 10.4. The van der Waals surface area contributed by atoms with Crippen LogP contribution in [0, 0.1) is 3.57 Å². The molecule has 0 saturated carbocycles. The lowest BCUT2D eigenvalue weighted by Crippen LogP contribution is -2.08. The van der Waals surface area contributed by atoms with E-state index in [4.69, 9.17) is 0 Å². The Labute approximate surface area is 99.5 Å². The number of hydrogen-bond acceptors (Lipinski definition) is 4. The van der Waals surface area contributed by atoms with Crippen LogP contribution in [0.2, 0.25) is 0 Å². The van der Waals surface area contributed by atoms with Crippen LogP contribution in [0.5, 0.6) is 0 Å². The lowest BCUT2D eigenvalue weighted by Gasteiger charge is -2.02. The first-order chi connectivity index (χ1) is 6.68. The molecule has 0 aliphatic rings. The summed E-state index contributed by atoms with van der Waals surface area (Å²) in [5.74, 6) is 1.35. The van der Waals surface area contributed by atoms with Crippen LogP contribution in [0.4, 0.5) is 5.95 Å². The lowest BCUT2D eigenvalue weighted by molar-refractivity contribution is 0.685. The average molecular weight is 325 g/mol. The topological polar surface area (TPSA) is 54.9 Å². The van der Waals surface area contributed by atoms with Gasteiger partial charge in [0.25, 0.3) is 0 Å². The van der Waals surface area contributed by atoms with E-state index < -0.39 is 10.8 Å². The van der Waals surface area contributed by atoms with Gasteiger partial charge in [0.05, 0.1) is 0 Å². The van der Waals surface area contributed by atoms with Crippen LogP contribution in [-0.2, 0) is 10.8 Å². The number of aromatic nitrogens is 2. The van der Waals surface area contributed by atoms with Gasteiger partial charge in [-0.2, -0.15) is 0 Å². The Morgan fingerprint density at radius 1 is 1.50 bits per heavy atom. The SMILES string of the molecule is CS(=O)CCCNc1ncc(I)cn1. The van der Waals surface area contributed by atoms with Gasteiger partial charge in [-0.15, -0.1) is 0 Å². The van der Waals surface area contributed by atoms with Gasteiger partial charge in [-0.3, -0.25) is 4.21 Å². The second-order valence-corrected chi connectivity index (χ2v) is 5.58. The molecule has 1 aromatic rings. The van der Waals surface area contributed by atoms with Crippen LogP contribution in [0.15, 0.2) is 12.4 Å². The fourth-order valence-corrected chi connectivity index (χ4v) is 1.71. The number of nitrogens with one attached hydrogen (secondary N) is 1. The summed E-state index contributed by atoms with van der Waals surface area (Å²) in [6, 6.07) is 0. The highest BCUT2D eigenvalue weighted by Gasteiger charge is 1.95. The zero-order valence-electron chi connectivity index (χ0n) is 7.86. The van der Waals surface area contributed by atoms with Gasteiger partial charge in [0, 0.05) is 45.3 Å². The molecule has 0 spiro atoms. The van der Waals surface area contributed by atoms with Gasteiger partial charge < -0.3 is 5.32 Å². The Morgan fingerprint density at radius 2 is 2.14 bits per heavy atom. The molecule has 1 unspecified atom stereocenters. The molecular weight excluding hydrogens is 313 g/mol. The third-order valence-corrected chi connectivity index (χ3v) is 2.93. The minimum Gasteiger partial charge on any atom is -0.354 e. The van der Waals surface area contributed by atoms with Crippen molar-refractivity contribution in [2.24, 2.45) is 0 Å². The monoisotopic (exact) mass is 325 g/mol. The smallest absolute Gasteiger partial charge is 0.222 e. The molecule has 1 aromatic heterocycles. The Balaban J connectivity index is 2.25. The molecule has 0 amide bonds. The molecule has 0 aliphatic heterocycles. The van der Waals surface area contributed by atoms with Crippen LogP contribution in [-0.4, -0.2) is 32.7 Å². The molecule has 1 rings (SSSR count). The highest BCUT2D eigenvalue weighted by Crippen LogP contribution is 2.02. The minimum atomic E-state index is -0.709. The van der Waals surface area contributed by atoms with Gasteiger partial charge in [-0.25, -0.2) is 9.97 Å². The predicted molar refractivity (Wildman–Crippen MR) is 66.8 cm³/mol. The summed E-state index contributed by atoms with van der Waals surface area (Å²) in [5, 5.41) is 3.07. The fourth-order valence-electron chi connectivity index (χ4n) is 0.879. The van der Waals surface area contributed by atoms with E-state index in [1.807, 2.05) is 0 Å². The second kappa shape index (κ2) is 6.28. The van der Waals surface area contributed by atoms with Crippen molar-refractivity contribution in [1.82, 2.24) is 9.97 Å². The van der Waals surface area contributed by atoms with Crippen molar-refractivity contribution in [3.63, 3.8) is 0 Å². The number of halogens is 1. The summed E-state index contributed by atoms with van der Waals surface area (Å²) in [6.07, 6.45) is 6.10. The van der Waals surface area contributed by atoms with E-state index in [1.165, 1.54) is 0 Å². The molecule has 1 N–H and O–H groups in total. The normalized spacial score (nSPS) is 12.4. The molecule has 0 aromatic carbocycles. The van der Waals surface area contributed by atoms with Crippen LogP contribution < -0.4 is 5.32 Å². The van der Waals surface area contributed by atoms with E-state index in [2.05, 4.69) is 37.9 Å². The molecule has 0 bridgehead atoms. The van der Waals surface area contributed by atoms with Crippen LogP contribution in [0.25, 0.3) is 0 Å². The van der Waals surface area contributed by atoms with E-state index in [-0.39, 0.29) is 0 Å². The van der Waals surface area contributed by atoms with Gasteiger partial charge in [-0.1, -0.05) is 0 Å². The van der Waals surface area contributed by atoms with Gasteiger partial charge in [0.1, 0.15) is 0 Å². The Kier molecular flexibility index (Phi) is 5.31. The molecule has 1 heterocycles. The van der Waals surface area contributed by atoms with Gasteiger partial charge in [0.15, 0.2) is 0 Å². The maximum absolute atomic E-state index is 10.8. The number of nitrogens with zero attached hydrogens (tertiary/aromatic N) is 2. The average Bonchev–Trinajstić information content (AvgIpc) is 2.15. The van der Waals surface area contributed by atoms with E-state index in [9.17, 15) is 4.21 Å². The number of anilines is 1. The third-order valence-electron chi connectivity index (χ3n) is 1.51. The summed E-state index contributed by atoms with van der Waals surface area (Å²) in [7, 11) is -0.709. The van der Waals surface area contributed by atoms with Crippen molar-refractivity contribution in [2.75, 3.05) is 23.9 Å². The second-order valence-electron chi connectivity index (χ2n) is 2.78. The molecule has 6 heteroatoms. The van der Waals surface area contributed by atoms with E-state index in [0.29, 0.717) is 5.95 Å². The molecule has 1 atom stereocenters. The summed E-state index contributed by atoms with van der Waals surface area (Å²) in [5.41, 5.74) is 0. The zero-order valence-corrected chi connectivity index (χ0v) is 10.8. The van der Waals surface area contributed by atoms with Gasteiger partial charge >= 0.3 is 0 Å². The Hall–Kier alpha value is -0.240. The summed E-state index contributed by atoms with van der Waals surface area (Å²) in [4.78, 5) is 8.18. The predicted octanol–water partition coefficient (Wildman–Crippen LogP) is 1.26. The molecule has 78 valence electrons. The first-order valence-electron chi connectivity index (χ1n) is 4.20. The van der Waals surface area contributed by atoms with Gasteiger partial charge in [-0.05, 0) is 29.0 Å². The van der Waals surface area contributed by atoms with Crippen molar-refractivity contribution >= 4 is 39.3 Å². The summed E-state index contributed by atoms with van der Waals surface area (Å²) in [6.45, 7) is 0.764. The first kappa shape index (κ1) is 11.8. The molecule has 0 saturated heterocycles. The van der Waals surface area contributed by atoms with Crippen molar-refractivity contribution < 1.29 is 4.21 Å². The van der Waals surface area contributed by atoms with E-state index >= 15 is 0 Å². The Bertz CT molecular complexity index is 304. The standard InChI is InChI=1S/C8H12IN3OS/c1-14(13)4-2-3-10-8-11-5-7(9)6-12-8/h5-6H,2-4H2,1H3,(H,10,11,12). The number of rotatable bonds is 5. The maximum Gasteiger partial charge on any atom is 0.222 e. The summed E-state index contributed by atoms with van der Waals surface area (Å²) < 4.78 is 11.8. The molecule has 14 heavy (non-hydrogen) atoms. The molecule has 0 fully saturated rings. The quantitative estimate of drug-likeness (QED) is 0.654. The van der Waals surface area contributed by atoms with Crippen molar-refractivity contribution in [3.8, 4) is 0 Å². The minimum absolute atomic E-state index is 0.632. The first-order valence-corrected chi connectivity index (χ1v) is 7.00. The third kappa shape index (κ3) is 4.85. The van der Waals surface area contributed by atoms with Crippen LogP contribution >= 0.6 is 22.6 Å². The van der Waals surface area contributed by atoms with E-state index in [0.717, 1.165) is 22.3 Å². The van der Waals surface area contributed by atoms with Gasteiger partial charge in [0.2, 0.25) is 5.95 Å². The van der Waals surface area contributed by atoms with Crippen molar-refractivity contribution in [2.45, 2.75) is 6.42 Å². The largest absolute Gasteiger partial charge is 0.354 e. The van der Waals surface area contributed by atoms with Crippen molar-refractivity contribution in [3.05, 3.63) is 16.0 Å². The molecule has 0 radical (unpaired) electrons. The lowest BCUT2D eigenvalue weighted by atomic mass is 10.5. The van der Waals surface area contributed by atoms with Crippen LogP contribution in [0.1, 0.15) is 6.42 Å². The Morgan fingerprint density at radius 3 is 2.71 bits per heavy atom. The molecular formula is C8H12IN3OS. The molecule has 0 aliphatic carbocycles. The maximum atomic E-state index is 10.8. The number of hydrogen-bond donors (Lipinski definition) is 1.